The van der Waals surface area contributed by atoms with Crippen LogP contribution in [0.3, 0.4) is 0 Å². The molecule has 1 saturated carbocycles. The van der Waals surface area contributed by atoms with Gasteiger partial charge < -0.3 is 9.05 Å². The molecule has 0 atom stereocenters. The second-order valence-corrected chi connectivity index (χ2v) is 8.86. The first-order chi connectivity index (χ1) is 11.1. The molecule has 23 heavy (non-hydrogen) atoms. The summed E-state index contributed by atoms with van der Waals surface area (Å²) in [6.07, 6.45) is 12.8. The largest absolute Gasteiger partial charge is 0.357 e. The SMILES string of the molecule is CCCC=NC1(P(=O)(OCCCC)OCCCC)CCCCC1. The molecule has 0 bridgehead atoms. The molecule has 5 heteroatoms. The van der Waals surface area contributed by atoms with Gasteiger partial charge in [-0.05, 0) is 32.1 Å². The van der Waals surface area contributed by atoms with Crippen LogP contribution in [-0.2, 0) is 13.6 Å². The normalized spacial score (nSPS) is 18.6. The van der Waals surface area contributed by atoms with Crippen molar-refractivity contribution in [3.8, 4) is 0 Å². The summed E-state index contributed by atoms with van der Waals surface area (Å²) in [5.41, 5.74) is 0. The van der Waals surface area contributed by atoms with Gasteiger partial charge in [-0.15, -0.1) is 0 Å². The van der Waals surface area contributed by atoms with Crippen molar-refractivity contribution in [2.75, 3.05) is 13.2 Å². The molecule has 4 nitrogen and oxygen atoms in total. The Morgan fingerprint density at radius 1 is 0.957 bits per heavy atom. The van der Waals surface area contributed by atoms with E-state index in [4.69, 9.17) is 14.0 Å². The number of unbranched alkanes of at least 4 members (excludes halogenated alkanes) is 3. The van der Waals surface area contributed by atoms with Gasteiger partial charge in [-0.25, -0.2) is 0 Å². The maximum Gasteiger partial charge on any atom is 0.357 e. The lowest BCUT2D eigenvalue weighted by atomic mass is 9.95. The van der Waals surface area contributed by atoms with E-state index < -0.39 is 12.9 Å². The Balaban J connectivity index is 2.95. The van der Waals surface area contributed by atoms with Crippen molar-refractivity contribution in [1.29, 1.82) is 0 Å². The van der Waals surface area contributed by atoms with Crippen LogP contribution < -0.4 is 0 Å². The van der Waals surface area contributed by atoms with Gasteiger partial charge in [0.05, 0.1) is 13.2 Å². The van der Waals surface area contributed by atoms with E-state index in [1.165, 1.54) is 6.42 Å². The predicted molar refractivity (Wildman–Crippen MR) is 98.5 cm³/mol. The van der Waals surface area contributed by atoms with Crippen LogP contribution in [0, 0.1) is 0 Å². The van der Waals surface area contributed by atoms with Gasteiger partial charge in [0.2, 0.25) is 0 Å². The average molecular weight is 345 g/mol. The molecule has 1 rings (SSSR count). The van der Waals surface area contributed by atoms with E-state index >= 15 is 0 Å². The van der Waals surface area contributed by atoms with Gasteiger partial charge in [0, 0.05) is 6.21 Å². The van der Waals surface area contributed by atoms with Crippen molar-refractivity contribution < 1.29 is 13.6 Å². The number of rotatable bonds is 12. The number of hydrogen-bond donors (Lipinski definition) is 0. The van der Waals surface area contributed by atoms with Crippen LogP contribution >= 0.6 is 7.60 Å². The maximum absolute atomic E-state index is 13.7. The van der Waals surface area contributed by atoms with Crippen LogP contribution in [0.5, 0.6) is 0 Å². The average Bonchev–Trinajstić information content (AvgIpc) is 2.56. The highest BCUT2D eigenvalue weighted by Crippen LogP contribution is 2.66. The molecule has 1 aliphatic rings. The van der Waals surface area contributed by atoms with Crippen LogP contribution in [0.25, 0.3) is 0 Å². The molecule has 0 aromatic rings. The Labute approximate surface area is 143 Å². The molecule has 0 aliphatic heterocycles. The molecular weight excluding hydrogens is 309 g/mol. The Kier molecular flexibility index (Phi) is 10.3. The third-order valence-electron chi connectivity index (χ3n) is 4.43. The Hall–Kier alpha value is -0.180. The standard InChI is InChI=1S/C18H36NO3P/c1-4-7-15-19-18(13-11-10-12-14-18)23(20,21-16-8-5-2)22-17-9-6-3/h15H,4-14,16-17H2,1-3H3. The predicted octanol–water partition coefficient (Wildman–Crippen LogP) is 6.34. The van der Waals surface area contributed by atoms with Crippen molar-refractivity contribution in [3.63, 3.8) is 0 Å². The fourth-order valence-electron chi connectivity index (χ4n) is 2.89. The van der Waals surface area contributed by atoms with Crippen molar-refractivity contribution in [3.05, 3.63) is 0 Å². The van der Waals surface area contributed by atoms with E-state index in [9.17, 15) is 4.57 Å². The highest BCUT2D eigenvalue weighted by molar-refractivity contribution is 7.55. The van der Waals surface area contributed by atoms with Crippen LogP contribution in [0.1, 0.15) is 91.4 Å². The lowest BCUT2D eigenvalue weighted by Gasteiger charge is -2.38. The van der Waals surface area contributed by atoms with Gasteiger partial charge in [-0.1, -0.05) is 59.3 Å². The van der Waals surface area contributed by atoms with Crippen LogP contribution in [-0.4, -0.2) is 24.7 Å². The molecule has 1 fully saturated rings. The van der Waals surface area contributed by atoms with E-state index in [1.807, 2.05) is 6.21 Å². The monoisotopic (exact) mass is 345 g/mol. The summed E-state index contributed by atoms with van der Waals surface area (Å²) in [7, 11) is -3.22. The fourth-order valence-corrected chi connectivity index (χ4v) is 5.27. The second kappa shape index (κ2) is 11.4. The quantitative estimate of drug-likeness (QED) is 0.235. The summed E-state index contributed by atoms with van der Waals surface area (Å²) >= 11 is 0. The molecule has 0 spiro atoms. The van der Waals surface area contributed by atoms with Crippen LogP contribution in [0.4, 0.5) is 0 Å². The molecule has 0 saturated heterocycles. The van der Waals surface area contributed by atoms with E-state index in [0.717, 1.165) is 64.2 Å². The lowest BCUT2D eigenvalue weighted by Crippen LogP contribution is -2.32. The topological polar surface area (TPSA) is 47.9 Å². The zero-order valence-electron chi connectivity index (χ0n) is 15.4. The maximum atomic E-state index is 13.7. The molecule has 0 unspecified atom stereocenters. The summed E-state index contributed by atoms with van der Waals surface area (Å²) < 4.78 is 25.5. The number of hydrogen-bond acceptors (Lipinski definition) is 4. The van der Waals surface area contributed by atoms with Gasteiger partial charge in [-0.2, -0.15) is 0 Å². The molecular formula is C18H36NO3P. The van der Waals surface area contributed by atoms with E-state index in [0.29, 0.717) is 13.2 Å². The molecule has 0 amide bonds. The Bertz CT molecular complexity index is 364. The Morgan fingerprint density at radius 2 is 1.52 bits per heavy atom. The first-order valence-corrected chi connectivity index (χ1v) is 11.1. The van der Waals surface area contributed by atoms with Gasteiger partial charge in [0.15, 0.2) is 5.28 Å². The van der Waals surface area contributed by atoms with Gasteiger partial charge in [0.25, 0.3) is 0 Å². The minimum Gasteiger partial charge on any atom is -0.307 e. The van der Waals surface area contributed by atoms with Crippen LogP contribution in [0.15, 0.2) is 4.99 Å². The Morgan fingerprint density at radius 3 is 2.00 bits per heavy atom. The first-order valence-electron chi connectivity index (χ1n) is 9.57. The fraction of sp³-hybridized carbons (Fsp3) is 0.944. The minimum atomic E-state index is -3.22. The van der Waals surface area contributed by atoms with Crippen molar-refractivity contribution in [2.24, 2.45) is 4.99 Å². The molecule has 0 aromatic heterocycles. The molecule has 0 N–H and O–H groups in total. The highest BCUT2D eigenvalue weighted by atomic mass is 31.2. The molecule has 0 heterocycles. The molecule has 0 aromatic carbocycles. The van der Waals surface area contributed by atoms with Crippen LogP contribution in [0.2, 0.25) is 0 Å². The lowest BCUT2D eigenvalue weighted by molar-refractivity contribution is 0.167. The molecule has 0 radical (unpaired) electrons. The zero-order valence-corrected chi connectivity index (χ0v) is 16.3. The second-order valence-electron chi connectivity index (χ2n) is 6.51. The van der Waals surface area contributed by atoms with Crippen molar-refractivity contribution in [2.45, 2.75) is 96.7 Å². The van der Waals surface area contributed by atoms with E-state index in [-0.39, 0.29) is 0 Å². The van der Waals surface area contributed by atoms with Gasteiger partial charge in [-0.3, -0.25) is 9.56 Å². The summed E-state index contributed by atoms with van der Waals surface area (Å²) in [5, 5.41) is -0.637. The molecule has 136 valence electrons. The molecule has 1 aliphatic carbocycles. The minimum absolute atomic E-state index is 0.505. The van der Waals surface area contributed by atoms with Gasteiger partial charge in [0.1, 0.15) is 0 Å². The van der Waals surface area contributed by atoms with Crippen molar-refractivity contribution >= 4 is 13.8 Å². The third kappa shape index (κ3) is 6.32. The van der Waals surface area contributed by atoms with E-state index in [2.05, 4.69) is 20.8 Å². The van der Waals surface area contributed by atoms with Gasteiger partial charge >= 0.3 is 7.60 Å². The third-order valence-corrected chi connectivity index (χ3v) is 7.06. The summed E-state index contributed by atoms with van der Waals surface area (Å²) in [6.45, 7) is 7.37. The number of aliphatic imine (C=N–C) groups is 1. The number of nitrogens with zero attached hydrogens (tertiary/aromatic N) is 1. The summed E-state index contributed by atoms with van der Waals surface area (Å²) in [4.78, 5) is 4.80. The highest BCUT2D eigenvalue weighted by Gasteiger charge is 2.51. The first kappa shape index (κ1) is 20.9. The summed E-state index contributed by atoms with van der Waals surface area (Å²) in [6, 6.07) is 0. The van der Waals surface area contributed by atoms with Crippen molar-refractivity contribution in [1.82, 2.24) is 0 Å². The van der Waals surface area contributed by atoms with E-state index in [1.54, 1.807) is 0 Å². The smallest absolute Gasteiger partial charge is 0.307 e. The zero-order chi connectivity index (χ0) is 17.0. The summed E-state index contributed by atoms with van der Waals surface area (Å²) in [5.74, 6) is 0.